The number of nitrogens with zero attached hydrogens (tertiary/aromatic N) is 1. The Labute approximate surface area is 223 Å². The predicted octanol–water partition coefficient (Wildman–Crippen LogP) is 7.62. The van der Waals surface area contributed by atoms with Crippen molar-refractivity contribution in [3.8, 4) is 11.5 Å². The molecule has 0 aromatic heterocycles. The van der Waals surface area contributed by atoms with Crippen LogP contribution < -0.4 is 0 Å². The molecule has 1 amide bonds. The summed E-state index contributed by atoms with van der Waals surface area (Å²) in [5, 5.41) is 18.7. The third-order valence-electron chi connectivity index (χ3n) is 6.16. The Bertz CT molecular complexity index is 840. The van der Waals surface area contributed by atoms with Crippen molar-refractivity contribution in [3.63, 3.8) is 0 Å². The smallest absolute Gasteiger partial charge is 0.342 e. The summed E-state index contributed by atoms with van der Waals surface area (Å²) >= 11 is 0. The summed E-state index contributed by atoms with van der Waals surface area (Å²) < 4.78 is 5.04. The molecule has 2 aromatic carbocycles. The molecule has 2 N–H and O–H groups in total. The zero-order valence-electron chi connectivity index (χ0n) is 22.9. The molecule has 0 bridgehead atoms. The van der Waals surface area contributed by atoms with Crippen molar-refractivity contribution in [3.05, 3.63) is 59.7 Å². The molecule has 6 heteroatoms. The molecule has 6 nitrogen and oxygen atoms in total. The number of amides is 1. The molecule has 0 atom stereocenters. The molecule has 206 valence electrons. The zero-order chi connectivity index (χ0) is 27.1. The number of ether oxygens (including phenoxy) is 1. The fourth-order valence-electron chi connectivity index (χ4n) is 3.90. The van der Waals surface area contributed by atoms with Crippen LogP contribution in [0.2, 0.25) is 0 Å². The summed E-state index contributed by atoms with van der Waals surface area (Å²) in [5.74, 6) is -0.988. The normalized spacial score (nSPS) is 10.3. The van der Waals surface area contributed by atoms with Crippen LogP contribution in [0.15, 0.2) is 48.5 Å². The van der Waals surface area contributed by atoms with E-state index in [1.165, 1.54) is 95.2 Å². The molecule has 0 saturated heterocycles. The van der Waals surface area contributed by atoms with E-state index in [-0.39, 0.29) is 23.7 Å². The van der Waals surface area contributed by atoms with Crippen LogP contribution >= 0.6 is 0 Å². The first-order valence-corrected chi connectivity index (χ1v) is 13.9. The van der Waals surface area contributed by atoms with E-state index in [1.807, 2.05) is 35.2 Å². The molecule has 0 fully saturated rings. The van der Waals surface area contributed by atoms with E-state index in [9.17, 15) is 19.8 Å². The Balaban J connectivity index is 0.000000370. The van der Waals surface area contributed by atoms with Gasteiger partial charge in [-0.1, -0.05) is 108 Å². The highest BCUT2D eigenvalue weighted by Crippen LogP contribution is 2.23. The summed E-state index contributed by atoms with van der Waals surface area (Å²) in [5.41, 5.74) is 0.802. The second-order valence-corrected chi connectivity index (χ2v) is 9.44. The van der Waals surface area contributed by atoms with Gasteiger partial charge >= 0.3 is 5.97 Å². The van der Waals surface area contributed by atoms with Crippen LogP contribution in [-0.4, -0.2) is 40.6 Å². The highest BCUT2D eigenvalue weighted by atomic mass is 16.5. The van der Waals surface area contributed by atoms with Crippen LogP contribution in [0.25, 0.3) is 0 Å². The molecule has 0 unspecified atom stereocenters. The number of esters is 1. The first kappa shape index (κ1) is 32.0. The molecular weight excluding hydrogens is 466 g/mol. The van der Waals surface area contributed by atoms with Crippen molar-refractivity contribution >= 4 is 12.4 Å². The van der Waals surface area contributed by atoms with Gasteiger partial charge in [-0.2, -0.15) is 0 Å². The van der Waals surface area contributed by atoms with Crippen LogP contribution in [0.3, 0.4) is 0 Å². The molecule has 0 radical (unpaired) electrons. The molecule has 0 aliphatic carbocycles. The van der Waals surface area contributed by atoms with Gasteiger partial charge in [0.1, 0.15) is 23.7 Å². The average Bonchev–Trinajstić information content (AvgIpc) is 2.92. The lowest BCUT2D eigenvalue weighted by molar-refractivity contribution is -0.118. The Morgan fingerprint density at radius 1 is 0.784 bits per heavy atom. The van der Waals surface area contributed by atoms with Crippen molar-refractivity contribution in [2.45, 2.75) is 97.5 Å². The molecule has 0 aliphatic heterocycles. The second-order valence-electron chi connectivity index (χ2n) is 9.44. The van der Waals surface area contributed by atoms with E-state index in [1.54, 1.807) is 0 Å². The zero-order valence-corrected chi connectivity index (χ0v) is 22.9. The van der Waals surface area contributed by atoms with E-state index in [4.69, 9.17) is 4.74 Å². The molecule has 0 aliphatic rings. The fourth-order valence-corrected chi connectivity index (χ4v) is 3.90. The molecule has 2 rings (SSSR count). The number of phenolic OH excluding ortho intramolecular Hbond substituents is 2. The lowest BCUT2D eigenvalue weighted by atomic mass is 10.1. The number of hydrogen-bond acceptors (Lipinski definition) is 5. The molecule has 0 spiro atoms. The van der Waals surface area contributed by atoms with Gasteiger partial charge in [0.2, 0.25) is 6.41 Å². The largest absolute Gasteiger partial charge is 0.508 e. The van der Waals surface area contributed by atoms with E-state index >= 15 is 0 Å². The first-order valence-electron chi connectivity index (χ1n) is 13.9. The van der Waals surface area contributed by atoms with Crippen LogP contribution in [0.1, 0.15) is 107 Å². The van der Waals surface area contributed by atoms with Crippen LogP contribution in [0.5, 0.6) is 11.5 Å². The predicted molar refractivity (Wildman–Crippen MR) is 150 cm³/mol. The van der Waals surface area contributed by atoms with Crippen LogP contribution in [0, 0.1) is 0 Å². The number of rotatable bonds is 18. The highest BCUT2D eigenvalue weighted by molar-refractivity contribution is 5.92. The standard InChI is InChI=1S/C17H35NO.C14H12O4/c1-3-5-7-9-11-13-15-18(17-19)16-14-12-10-8-6-4-2;15-11-6-7-13(16)12(8-11)14(17)18-9-10-4-2-1-3-5-10/h17H,3-16H2,1-2H3;1-8,15-16H,9H2. The van der Waals surface area contributed by atoms with Gasteiger partial charge in [-0.15, -0.1) is 0 Å². The number of phenols is 2. The summed E-state index contributed by atoms with van der Waals surface area (Å²) in [6, 6.07) is 12.9. The topological polar surface area (TPSA) is 87.1 Å². The molecule has 2 aromatic rings. The van der Waals surface area contributed by atoms with Crippen molar-refractivity contribution in [1.29, 1.82) is 0 Å². The number of aromatic hydroxyl groups is 2. The quantitative estimate of drug-likeness (QED) is 0.0926. The van der Waals surface area contributed by atoms with Gasteiger partial charge in [-0.05, 0) is 36.6 Å². The van der Waals surface area contributed by atoms with Crippen molar-refractivity contribution < 1.29 is 24.5 Å². The minimum absolute atomic E-state index is 0.0501. The lowest BCUT2D eigenvalue weighted by Gasteiger charge is -2.17. The van der Waals surface area contributed by atoms with Gasteiger partial charge in [0.05, 0.1) is 0 Å². The molecule has 37 heavy (non-hydrogen) atoms. The van der Waals surface area contributed by atoms with Crippen LogP contribution in [0.4, 0.5) is 0 Å². The van der Waals surface area contributed by atoms with E-state index < -0.39 is 5.97 Å². The SMILES string of the molecule is CCCCCCCCN(C=O)CCCCCCCC.O=C(OCc1ccccc1)c1cc(O)ccc1O. The fraction of sp³-hybridized carbons (Fsp3) is 0.548. The van der Waals surface area contributed by atoms with Gasteiger partial charge in [-0.25, -0.2) is 4.79 Å². The average molecular weight is 514 g/mol. The van der Waals surface area contributed by atoms with E-state index in [0.717, 1.165) is 25.1 Å². The number of benzene rings is 2. The number of unbranched alkanes of at least 4 members (excludes halogenated alkanes) is 10. The van der Waals surface area contributed by atoms with Crippen LogP contribution in [-0.2, 0) is 16.1 Å². The van der Waals surface area contributed by atoms with Crippen molar-refractivity contribution in [1.82, 2.24) is 4.90 Å². The Hall–Kier alpha value is -3.02. The minimum atomic E-state index is -0.674. The van der Waals surface area contributed by atoms with E-state index in [2.05, 4.69) is 13.8 Å². The maximum Gasteiger partial charge on any atom is 0.342 e. The molecule has 0 saturated carbocycles. The lowest BCUT2D eigenvalue weighted by Crippen LogP contribution is -2.24. The van der Waals surface area contributed by atoms with E-state index in [0.29, 0.717) is 0 Å². The first-order chi connectivity index (χ1) is 18.0. The summed E-state index contributed by atoms with van der Waals surface area (Å²) in [4.78, 5) is 24.6. The van der Waals surface area contributed by atoms with Gasteiger partial charge < -0.3 is 19.8 Å². The second kappa shape index (κ2) is 21.1. The third-order valence-corrected chi connectivity index (χ3v) is 6.16. The minimum Gasteiger partial charge on any atom is -0.508 e. The Kier molecular flexibility index (Phi) is 18.3. The summed E-state index contributed by atoms with van der Waals surface area (Å²) in [7, 11) is 0. The van der Waals surface area contributed by atoms with Crippen molar-refractivity contribution in [2.75, 3.05) is 13.1 Å². The summed E-state index contributed by atoms with van der Waals surface area (Å²) in [6.07, 6.45) is 16.6. The maximum atomic E-state index is 11.7. The molecular formula is C31H47NO5. The summed E-state index contributed by atoms with van der Waals surface area (Å²) in [6.45, 7) is 6.53. The van der Waals surface area contributed by atoms with Gasteiger partial charge in [0.25, 0.3) is 0 Å². The number of carbonyl (C=O) groups is 2. The van der Waals surface area contributed by atoms with Gasteiger partial charge in [-0.3, -0.25) is 4.79 Å². The highest BCUT2D eigenvalue weighted by Gasteiger charge is 2.13. The maximum absolute atomic E-state index is 11.7. The Morgan fingerprint density at radius 2 is 1.32 bits per heavy atom. The third kappa shape index (κ3) is 15.6. The number of carbonyl (C=O) groups excluding carboxylic acids is 2. The van der Waals surface area contributed by atoms with Gasteiger partial charge in [0.15, 0.2) is 0 Å². The number of hydrogen-bond donors (Lipinski definition) is 2. The monoisotopic (exact) mass is 513 g/mol. The Morgan fingerprint density at radius 3 is 1.86 bits per heavy atom. The van der Waals surface area contributed by atoms with Gasteiger partial charge in [0, 0.05) is 13.1 Å². The van der Waals surface area contributed by atoms with Crippen molar-refractivity contribution in [2.24, 2.45) is 0 Å². The molecule has 0 heterocycles.